The Morgan fingerprint density at radius 3 is 1.09 bits per heavy atom. The number of furan rings is 2. The van der Waals surface area contributed by atoms with Gasteiger partial charge in [0, 0.05) is 32.8 Å². The van der Waals surface area contributed by atoms with E-state index >= 15 is 0 Å². The minimum atomic E-state index is 0. The van der Waals surface area contributed by atoms with E-state index in [0.29, 0.717) is 0 Å². The Balaban J connectivity index is 0.00000448. The molecule has 0 N–H and O–H groups in total. The van der Waals surface area contributed by atoms with Crippen LogP contribution in [0.2, 0.25) is 0 Å². The molecule has 0 aliphatic carbocycles. The van der Waals surface area contributed by atoms with Crippen LogP contribution in [0.15, 0.2) is 215 Å². The monoisotopic (exact) mass is 1060 g/mol. The van der Waals surface area contributed by atoms with E-state index in [4.69, 9.17) is 8.83 Å². The fourth-order valence-corrected chi connectivity index (χ4v) is 10.6. The van der Waals surface area contributed by atoms with Gasteiger partial charge in [0.05, 0.1) is 33.2 Å². The van der Waals surface area contributed by atoms with E-state index in [-0.39, 0.29) is 21.1 Å². The quantitative estimate of drug-likeness (QED) is 0.112. The van der Waals surface area contributed by atoms with Crippen LogP contribution in [-0.4, -0.2) is 8.80 Å². The first-order chi connectivity index (χ1) is 33.7. The van der Waals surface area contributed by atoms with Gasteiger partial charge >= 0.3 is 21.1 Å². The van der Waals surface area contributed by atoms with Gasteiger partial charge in [-0.2, -0.15) is 0 Å². The van der Waals surface area contributed by atoms with Crippen LogP contribution in [-0.2, 0) is 21.1 Å². The fraction of sp³-hybridized carbons (Fsp3) is 0. The molecular weight excluding hydrogens is 1030 g/mol. The zero-order valence-corrected chi connectivity index (χ0v) is 38.8. The number of aromatic nitrogens is 4. The number of benzene rings is 10. The number of fused-ring (bicyclic) bond motifs is 34. The molecule has 0 saturated heterocycles. The smallest absolute Gasteiger partial charge is 0.491 e. The van der Waals surface area contributed by atoms with Crippen molar-refractivity contribution in [2.75, 3.05) is 0 Å². The van der Waals surface area contributed by atoms with E-state index in [9.17, 15) is 0 Å². The Kier molecular flexibility index (Phi) is 8.74. The zero-order valence-electron chi connectivity index (χ0n) is 36.6. The Hall–Kier alpha value is -8.57. The molecule has 15 rings (SSSR count). The van der Waals surface area contributed by atoms with Crippen molar-refractivity contribution in [3.63, 3.8) is 0 Å². The van der Waals surface area contributed by atoms with Crippen molar-refractivity contribution in [3.8, 4) is 0 Å². The molecule has 0 atom stereocenters. The molecule has 10 aromatic carbocycles. The summed E-state index contributed by atoms with van der Waals surface area (Å²) in [4.78, 5) is 0. The molecule has 0 aliphatic heterocycles. The largest absolute Gasteiger partial charge is 4.00 e. The Bertz CT molecular complexity index is 4580. The van der Waals surface area contributed by atoms with Gasteiger partial charge in [0.15, 0.2) is 0 Å². The van der Waals surface area contributed by atoms with Crippen LogP contribution in [0, 0.1) is 24.8 Å². The van der Waals surface area contributed by atoms with Crippen molar-refractivity contribution >= 4 is 131 Å². The van der Waals surface area contributed by atoms with E-state index in [1.807, 2.05) is 24.3 Å². The van der Waals surface area contributed by atoms with Gasteiger partial charge in [0.1, 0.15) is 11.2 Å². The minimum Gasteiger partial charge on any atom is -0.491 e. The summed E-state index contributed by atoms with van der Waals surface area (Å²) in [6, 6.07) is 80.2. The van der Waals surface area contributed by atoms with Gasteiger partial charge < -0.3 is 8.83 Å². The summed E-state index contributed by atoms with van der Waals surface area (Å²) in [7, 11) is 0. The number of nitrogens with zero attached hydrogens (tertiary/aromatic N) is 4. The summed E-state index contributed by atoms with van der Waals surface area (Å²) in [6.07, 6.45) is 7.75. The Labute approximate surface area is 407 Å². The molecule has 0 radical (unpaired) electrons. The molecule has 322 valence electrons. The predicted molar refractivity (Wildman–Crippen MR) is 274 cm³/mol. The van der Waals surface area contributed by atoms with E-state index in [0.717, 1.165) is 131 Å². The Morgan fingerprint density at radius 1 is 0.319 bits per heavy atom. The van der Waals surface area contributed by atoms with Crippen LogP contribution in [0.3, 0.4) is 0 Å². The molecular formula is C62H34N4O2Pt+2. The molecule has 6 nitrogen and oxygen atoms in total. The van der Waals surface area contributed by atoms with Crippen LogP contribution in [0.4, 0.5) is 0 Å². The number of imidazole rings is 2. The summed E-state index contributed by atoms with van der Waals surface area (Å²) in [5, 5.41) is 11.6. The Morgan fingerprint density at radius 2 is 0.652 bits per heavy atom. The number of para-hydroxylation sites is 10. The van der Waals surface area contributed by atoms with E-state index in [1.54, 1.807) is 0 Å². The molecule has 0 amide bonds. The van der Waals surface area contributed by atoms with Gasteiger partial charge in [-0.3, -0.25) is 17.6 Å². The molecule has 0 aliphatic rings. The molecule has 8 bridgehead atoms. The van der Waals surface area contributed by atoms with Crippen molar-refractivity contribution in [1.82, 2.24) is 8.80 Å². The average molecular weight is 1060 g/mol. The topological polar surface area (TPSA) is 43.3 Å². The van der Waals surface area contributed by atoms with E-state index in [2.05, 4.69) is 224 Å². The molecule has 0 saturated carbocycles. The van der Waals surface area contributed by atoms with Crippen LogP contribution >= 0.6 is 0 Å². The number of hydrogen-bond donors (Lipinski definition) is 0. The molecule has 69 heavy (non-hydrogen) atoms. The van der Waals surface area contributed by atoms with Gasteiger partial charge in [-0.25, -0.2) is 0 Å². The normalized spacial score (nSPS) is 11.9. The summed E-state index contributed by atoms with van der Waals surface area (Å²) in [5.74, 6) is 0. The van der Waals surface area contributed by atoms with Crippen LogP contribution in [0.25, 0.3) is 131 Å². The average Bonchev–Trinajstić information content (AvgIpc) is 4.19. The van der Waals surface area contributed by atoms with Gasteiger partial charge in [-0.1, -0.05) is 214 Å². The number of rotatable bonds is 0. The summed E-state index contributed by atoms with van der Waals surface area (Å²) < 4.78 is 22.4. The van der Waals surface area contributed by atoms with Crippen molar-refractivity contribution < 1.29 is 38.7 Å². The van der Waals surface area contributed by atoms with Crippen molar-refractivity contribution in [2.24, 2.45) is 0 Å². The summed E-state index contributed by atoms with van der Waals surface area (Å²) in [5.41, 5.74) is 11.0. The van der Waals surface area contributed by atoms with Gasteiger partial charge in [0.2, 0.25) is 0 Å². The maximum absolute atomic E-state index is 6.85. The van der Waals surface area contributed by atoms with Crippen molar-refractivity contribution in [1.29, 1.82) is 0 Å². The van der Waals surface area contributed by atoms with Gasteiger partial charge in [-0.15, -0.1) is 35.0 Å². The minimum absolute atomic E-state index is 0. The van der Waals surface area contributed by atoms with E-state index < -0.39 is 0 Å². The maximum atomic E-state index is 6.85. The summed E-state index contributed by atoms with van der Waals surface area (Å²) >= 11 is 0. The molecule has 7 heteroatoms. The first kappa shape index (κ1) is 39.6. The summed E-state index contributed by atoms with van der Waals surface area (Å²) in [6.45, 7) is 0. The van der Waals surface area contributed by atoms with Crippen LogP contribution < -0.4 is 8.80 Å². The second-order valence-corrected chi connectivity index (χ2v) is 17.4. The van der Waals surface area contributed by atoms with Gasteiger partial charge in [-0.05, 0) is 22.9 Å². The zero-order chi connectivity index (χ0) is 44.5. The number of hydrogen-bond acceptors (Lipinski definition) is 2. The maximum Gasteiger partial charge on any atom is 4.00 e. The first-order valence-corrected chi connectivity index (χ1v) is 22.8. The third-order valence-corrected chi connectivity index (χ3v) is 13.6. The standard InChI is InChI=1S/C62H34N4O2.Pt/c1-7-23-51-41(17-1)39-33-47(61-49(35-39)45-21-5-15-31-59(45)67-61)43-19-3-9-25-53(43)66-38-64(56-28-12-14-30-58(56)66)52-24-8-2-18-42(52)40-34-48(62-50(36-40)46-22-6-16-32-60(46)68-62)44-20-4-10-26-54(44)65-37-63(51)55-27-11-13-29-57(55)65;/h1-32,35-36H;/q-2;+4. The second-order valence-electron chi connectivity index (χ2n) is 17.4. The SMILES string of the molecule is [Pt+4].[c-]1c2cc3c4ccccc4oc3c1c1ccccc1n1[c-][n+](c3ccccc3c3[c-]c(c4ccccc4n4[c-][n+](c5ccccc25)c2ccccc24)c2oc4ccccc4c2c3)c2ccccc21. The van der Waals surface area contributed by atoms with Crippen molar-refractivity contribution in [3.05, 3.63) is 231 Å². The predicted octanol–water partition coefficient (Wildman–Crippen LogP) is 14.4. The third-order valence-electron chi connectivity index (χ3n) is 13.6. The van der Waals surface area contributed by atoms with E-state index in [1.165, 1.54) is 0 Å². The van der Waals surface area contributed by atoms with Crippen LogP contribution in [0.1, 0.15) is 0 Å². The molecule has 5 heterocycles. The van der Waals surface area contributed by atoms with Gasteiger partial charge in [0.25, 0.3) is 12.7 Å². The molecule has 0 fully saturated rings. The molecule has 5 aromatic heterocycles. The van der Waals surface area contributed by atoms with Crippen LogP contribution in [0.5, 0.6) is 0 Å². The first-order valence-electron chi connectivity index (χ1n) is 22.8. The second kappa shape index (κ2) is 15.2. The molecule has 15 aromatic rings. The molecule has 0 spiro atoms. The third kappa shape index (κ3) is 5.83. The fourth-order valence-electron chi connectivity index (χ4n) is 10.6. The van der Waals surface area contributed by atoms with Crippen molar-refractivity contribution in [2.45, 2.75) is 0 Å². The molecule has 0 unspecified atom stereocenters.